The van der Waals surface area contributed by atoms with Gasteiger partial charge in [-0.05, 0) is 12.1 Å². The average Bonchev–Trinajstić information content (AvgIpc) is 2.52. The maximum absolute atomic E-state index is 12.8. The van der Waals surface area contributed by atoms with Crippen molar-refractivity contribution in [3.63, 3.8) is 0 Å². The number of hydrogen-bond acceptors (Lipinski definition) is 5. The summed E-state index contributed by atoms with van der Waals surface area (Å²) in [6.07, 6.45) is 0. The van der Waals surface area contributed by atoms with E-state index in [0.29, 0.717) is 12.1 Å². The Morgan fingerprint density at radius 1 is 0.846 bits per heavy atom. The molecule has 0 saturated carbocycles. The number of anilines is 1. The first-order valence-corrected chi connectivity index (χ1v) is 6.30. The summed E-state index contributed by atoms with van der Waals surface area (Å²) < 4.78 is 50.8. The molecule has 12 heteroatoms. The van der Waals surface area contributed by atoms with Crippen molar-refractivity contribution >= 4 is 23.3 Å². The molecule has 0 fully saturated rings. The van der Waals surface area contributed by atoms with Crippen LogP contribution in [0.4, 0.5) is 28.9 Å². The number of carbonyl (C=O) groups is 2. The number of halogens is 4. The molecule has 0 radical (unpaired) electrons. The van der Waals surface area contributed by atoms with Gasteiger partial charge >= 0.3 is 17.6 Å². The Balaban J connectivity index is 0.000000263. The normalized spacial score (nSPS) is 9.85. The molecule has 2 aromatic rings. The molecule has 0 aliphatic heterocycles. The first-order valence-electron chi connectivity index (χ1n) is 6.30. The number of rotatable bonds is 3. The molecule has 0 saturated heterocycles. The Morgan fingerprint density at radius 3 is 1.69 bits per heavy atom. The minimum atomic E-state index is -1.68. The van der Waals surface area contributed by atoms with E-state index in [1.807, 2.05) is 0 Å². The SMILES string of the molecule is Nc1cc(F)c(C(=O)O)cc1F.O=C(O)c1cc(F)c([N+](=O)[O-])cc1F. The predicted octanol–water partition coefficient (Wildman–Crippen LogP) is 2.82. The molecule has 2 aromatic carbocycles. The van der Waals surface area contributed by atoms with Crippen LogP contribution in [0.25, 0.3) is 0 Å². The van der Waals surface area contributed by atoms with Crippen LogP contribution in [-0.2, 0) is 0 Å². The van der Waals surface area contributed by atoms with Crippen LogP contribution in [0.1, 0.15) is 20.7 Å². The number of hydrogen-bond donors (Lipinski definition) is 3. The highest BCUT2D eigenvalue weighted by molar-refractivity contribution is 5.88. The van der Waals surface area contributed by atoms with Gasteiger partial charge in [0.1, 0.15) is 17.5 Å². The summed E-state index contributed by atoms with van der Waals surface area (Å²) in [6.45, 7) is 0. The molecule has 0 aliphatic carbocycles. The molecule has 138 valence electrons. The topological polar surface area (TPSA) is 144 Å². The summed E-state index contributed by atoms with van der Waals surface area (Å²) in [4.78, 5) is 29.5. The van der Waals surface area contributed by atoms with Crippen molar-refractivity contribution in [1.29, 1.82) is 0 Å². The van der Waals surface area contributed by atoms with E-state index >= 15 is 0 Å². The molecular weight excluding hydrogens is 368 g/mol. The lowest BCUT2D eigenvalue weighted by Gasteiger charge is -1.99. The van der Waals surface area contributed by atoms with Gasteiger partial charge in [-0.25, -0.2) is 22.8 Å². The number of nitro groups is 1. The van der Waals surface area contributed by atoms with E-state index in [4.69, 9.17) is 15.9 Å². The molecule has 0 unspecified atom stereocenters. The molecule has 0 bridgehead atoms. The number of nitro benzene ring substituents is 1. The summed E-state index contributed by atoms with van der Waals surface area (Å²) in [5, 5.41) is 26.8. The molecule has 4 N–H and O–H groups in total. The zero-order valence-corrected chi connectivity index (χ0v) is 12.4. The number of carboxylic acids is 2. The Hall–Kier alpha value is -3.70. The van der Waals surface area contributed by atoms with Crippen molar-refractivity contribution in [1.82, 2.24) is 0 Å². The Bertz CT molecular complexity index is 864. The molecule has 2 rings (SSSR count). The summed E-state index contributed by atoms with van der Waals surface area (Å²) in [6, 6.07) is 1.69. The smallest absolute Gasteiger partial charge is 0.338 e. The van der Waals surface area contributed by atoms with Crippen molar-refractivity contribution in [2.24, 2.45) is 0 Å². The molecule has 8 nitrogen and oxygen atoms in total. The fraction of sp³-hybridized carbons (Fsp3) is 0. The van der Waals surface area contributed by atoms with Crippen molar-refractivity contribution in [2.45, 2.75) is 0 Å². The van der Waals surface area contributed by atoms with Gasteiger partial charge in [0.25, 0.3) is 0 Å². The first-order chi connectivity index (χ1) is 12.0. The second kappa shape index (κ2) is 7.92. The minimum absolute atomic E-state index is 0.235. The fourth-order valence-electron chi connectivity index (χ4n) is 1.57. The molecule has 0 aliphatic rings. The molecule has 0 aromatic heterocycles. The van der Waals surface area contributed by atoms with E-state index in [2.05, 4.69) is 0 Å². The standard InChI is InChI=1S/C7H3F2NO4.C7H5F2NO2/c8-4-2-6(10(13)14)5(9)1-3(4)7(11)12;8-4-2-6(10)5(9)1-3(4)7(11)12/h1-2H,(H,11,12);1-2H,10H2,(H,11,12). The number of nitrogens with zero attached hydrogens (tertiary/aromatic N) is 1. The molecule has 26 heavy (non-hydrogen) atoms. The van der Waals surface area contributed by atoms with Crippen LogP contribution in [0.2, 0.25) is 0 Å². The van der Waals surface area contributed by atoms with Gasteiger partial charge in [0.2, 0.25) is 5.82 Å². The van der Waals surface area contributed by atoms with Crippen LogP contribution in [0, 0.1) is 33.4 Å². The Kier molecular flexibility index (Phi) is 6.19. The van der Waals surface area contributed by atoms with Gasteiger partial charge < -0.3 is 15.9 Å². The van der Waals surface area contributed by atoms with E-state index < -0.39 is 62.6 Å². The molecular formula is C14H8F4N2O6. The van der Waals surface area contributed by atoms with Gasteiger partial charge in [0, 0.05) is 6.07 Å². The molecule has 0 heterocycles. The molecule has 0 amide bonds. The van der Waals surface area contributed by atoms with Gasteiger partial charge in [0.15, 0.2) is 0 Å². The largest absolute Gasteiger partial charge is 0.478 e. The van der Waals surface area contributed by atoms with Gasteiger partial charge in [-0.2, -0.15) is 4.39 Å². The summed E-state index contributed by atoms with van der Waals surface area (Å²) in [5.41, 5.74) is 1.83. The van der Waals surface area contributed by atoms with Gasteiger partial charge in [-0.1, -0.05) is 0 Å². The molecule has 0 atom stereocenters. The third kappa shape index (κ3) is 4.66. The highest BCUT2D eigenvalue weighted by Crippen LogP contribution is 2.21. The van der Waals surface area contributed by atoms with Crippen LogP contribution in [0.5, 0.6) is 0 Å². The molecule has 0 spiro atoms. The van der Waals surface area contributed by atoms with Gasteiger partial charge in [-0.3, -0.25) is 10.1 Å². The van der Waals surface area contributed by atoms with Gasteiger partial charge in [-0.15, -0.1) is 0 Å². The van der Waals surface area contributed by atoms with Gasteiger partial charge in [0.05, 0.1) is 27.8 Å². The summed E-state index contributed by atoms with van der Waals surface area (Å²) >= 11 is 0. The summed E-state index contributed by atoms with van der Waals surface area (Å²) in [7, 11) is 0. The van der Waals surface area contributed by atoms with Crippen molar-refractivity contribution in [3.05, 3.63) is 68.8 Å². The minimum Gasteiger partial charge on any atom is -0.478 e. The van der Waals surface area contributed by atoms with Crippen molar-refractivity contribution in [3.8, 4) is 0 Å². The number of nitrogen functional groups attached to an aromatic ring is 1. The van der Waals surface area contributed by atoms with E-state index in [0.717, 1.165) is 0 Å². The lowest BCUT2D eigenvalue weighted by atomic mass is 10.2. The van der Waals surface area contributed by atoms with Crippen LogP contribution in [0.3, 0.4) is 0 Å². The number of nitrogens with two attached hydrogens (primary N) is 1. The second-order valence-electron chi connectivity index (χ2n) is 4.50. The maximum atomic E-state index is 12.8. The van der Waals surface area contributed by atoms with Crippen LogP contribution < -0.4 is 5.73 Å². The van der Waals surface area contributed by atoms with Crippen LogP contribution >= 0.6 is 0 Å². The maximum Gasteiger partial charge on any atom is 0.338 e. The highest BCUT2D eigenvalue weighted by Gasteiger charge is 2.21. The average molecular weight is 376 g/mol. The quantitative estimate of drug-likeness (QED) is 0.323. The zero-order chi connectivity index (χ0) is 20.2. The van der Waals surface area contributed by atoms with E-state index in [9.17, 15) is 37.3 Å². The van der Waals surface area contributed by atoms with E-state index in [-0.39, 0.29) is 12.1 Å². The third-order valence-electron chi connectivity index (χ3n) is 2.78. The lowest BCUT2D eigenvalue weighted by Crippen LogP contribution is -2.03. The number of benzene rings is 2. The predicted molar refractivity (Wildman–Crippen MR) is 77.7 cm³/mol. The van der Waals surface area contributed by atoms with Crippen molar-refractivity contribution < 1.29 is 42.3 Å². The monoisotopic (exact) mass is 376 g/mol. The third-order valence-corrected chi connectivity index (χ3v) is 2.78. The number of carboxylic acid groups (broad SMARTS) is 2. The Labute approximate surface area is 141 Å². The van der Waals surface area contributed by atoms with Crippen LogP contribution in [-0.4, -0.2) is 27.1 Å². The zero-order valence-electron chi connectivity index (χ0n) is 12.4. The number of aromatic carboxylic acids is 2. The van der Waals surface area contributed by atoms with Crippen molar-refractivity contribution in [2.75, 3.05) is 5.73 Å². The first kappa shape index (κ1) is 20.3. The summed E-state index contributed by atoms with van der Waals surface area (Å²) in [5.74, 6) is -7.91. The lowest BCUT2D eigenvalue weighted by molar-refractivity contribution is -0.387. The second-order valence-corrected chi connectivity index (χ2v) is 4.50. The van der Waals surface area contributed by atoms with E-state index in [1.165, 1.54) is 0 Å². The van der Waals surface area contributed by atoms with E-state index in [1.54, 1.807) is 0 Å². The Morgan fingerprint density at radius 2 is 1.27 bits per heavy atom. The fourth-order valence-corrected chi connectivity index (χ4v) is 1.57. The van der Waals surface area contributed by atoms with Crippen LogP contribution in [0.15, 0.2) is 24.3 Å². The highest BCUT2D eigenvalue weighted by atomic mass is 19.1.